The van der Waals surface area contributed by atoms with E-state index in [-0.39, 0.29) is 39.1 Å². The molecule has 28 heavy (non-hydrogen) atoms. The Balaban J connectivity index is 2.07. The monoisotopic (exact) mass is 422 g/mol. The minimum atomic E-state index is -1.20. The highest BCUT2D eigenvalue weighted by Gasteiger charge is 2.24. The van der Waals surface area contributed by atoms with E-state index in [0.29, 0.717) is 11.1 Å². The Hall–Kier alpha value is -2.61. The molecule has 2 N–H and O–H groups in total. The van der Waals surface area contributed by atoms with Crippen molar-refractivity contribution in [2.75, 3.05) is 12.4 Å². The third-order valence-electron chi connectivity index (χ3n) is 4.14. The van der Waals surface area contributed by atoms with Crippen molar-refractivity contribution in [1.29, 1.82) is 0 Å². The number of amides is 1. The van der Waals surface area contributed by atoms with Gasteiger partial charge in [0.2, 0.25) is 5.78 Å². The molecule has 9 heteroatoms. The fraction of sp³-hybridized carbons (Fsp3) is 0.211. The quantitative estimate of drug-likeness (QED) is 0.572. The summed E-state index contributed by atoms with van der Waals surface area (Å²) < 4.78 is 10.8. The van der Waals surface area contributed by atoms with Crippen molar-refractivity contribution < 1.29 is 23.8 Å². The van der Waals surface area contributed by atoms with Gasteiger partial charge in [-0.2, -0.15) is 0 Å². The number of nitrogens with one attached hydrogen (secondary N) is 1. The summed E-state index contributed by atoms with van der Waals surface area (Å²) in [6.45, 7) is 1.67. The number of aliphatic hydroxyl groups excluding tert-OH is 1. The molecule has 0 aliphatic carbocycles. The SMILES string of the molecule is CCC(O)C(=O)c1cc2c(C(=O)Nc3c(Cl)cncc3Cl)ccc(OC)c2o1. The molecular formula is C19H16Cl2N2O5. The summed E-state index contributed by atoms with van der Waals surface area (Å²) in [5.74, 6) is -0.815. The van der Waals surface area contributed by atoms with Crippen molar-refractivity contribution in [3.63, 3.8) is 0 Å². The summed E-state index contributed by atoms with van der Waals surface area (Å²) in [5.41, 5.74) is 0.649. The largest absolute Gasteiger partial charge is 0.493 e. The van der Waals surface area contributed by atoms with Gasteiger partial charge in [-0.3, -0.25) is 14.6 Å². The highest BCUT2D eigenvalue weighted by molar-refractivity contribution is 6.39. The summed E-state index contributed by atoms with van der Waals surface area (Å²) in [5, 5.41) is 13.2. The van der Waals surface area contributed by atoms with E-state index >= 15 is 0 Å². The molecule has 3 rings (SSSR count). The molecule has 0 bridgehead atoms. The van der Waals surface area contributed by atoms with Gasteiger partial charge in [0.15, 0.2) is 17.1 Å². The first kappa shape index (κ1) is 20.1. The van der Waals surface area contributed by atoms with Crippen LogP contribution >= 0.6 is 23.2 Å². The van der Waals surface area contributed by atoms with Gasteiger partial charge in [0.25, 0.3) is 5.91 Å². The zero-order valence-electron chi connectivity index (χ0n) is 15.0. The van der Waals surface area contributed by atoms with Gasteiger partial charge in [-0.15, -0.1) is 0 Å². The molecule has 1 unspecified atom stereocenters. The van der Waals surface area contributed by atoms with Gasteiger partial charge in [0.05, 0.1) is 28.4 Å². The Morgan fingerprint density at radius 1 is 1.29 bits per heavy atom. The van der Waals surface area contributed by atoms with Crippen LogP contribution in [0, 0.1) is 0 Å². The van der Waals surface area contributed by atoms with Crippen LogP contribution in [0.2, 0.25) is 10.0 Å². The van der Waals surface area contributed by atoms with Crippen LogP contribution in [-0.4, -0.2) is 35.0 Å². The van der Waals surface area contributed by atoms with E-state index in [0.717, 1.165) is 0 Å². The molecule has 2 aromatic heterocycles. The molecule has 146 valence electrons. The molecule has 0 fully saturated rings. The topological polar surface area (TPSA) is 102 Å². The second-order valence-corrected chi connectivity index (χ2v) is 6.70. The summed E-state index contributed by atoms with van der Waals surface area (Å²) in [4.78, 5) is 29.0. The van der Waals surface area contributed by atoms with Crippen LogP contribution in [0.5, 0.6) is 5.75 Å². The van der Waals surface area contributed by atoms with E-state index in [1.165, 1.54) is 31.6 Å². The molecule has 0 aliphatic heterocycles. The molecule has 1 atom stereocenters. The van der Waals surface area contributed by atoms with Crippen LogP contribution in [0.1, 0.15) is 34.3 Å². The number of rotatable bonds is 6. The predicted molar refractivity (Wildman–Crippen MR) is 106 cm³/mol. The fourth-order valence-electron chi connectivity index (χ4n) is 2.64. The van der Waals surface area contributed by atoms with Gasteiger partial charge >= 0.3 is 0 Å². The molecule has 7 nitrogen and oxygen atoms in total. The lowest BCUT2D eigenvalue weighted by atomic mass is 10.1. The Morgan fingerprint density at radius 3 is 2.57 bits per heavy atom. The maximum Gasteiger partial charge on any atom is 0.256 e. The molecule has 0 spiro atoms. The van der Waals surface area contributed by atoms with E-state index in [2.05, 4.69) is 10.3 Å². The number of hydrogen-bond acceptors (Lipinski definition) is 6. The van der Waals surface area contributed by atoms with Gasteiger partial charge in [-0.1, -0.05) is 30.1 Å². The maximum absolute atomic E-state index is 12.8. The van der Waals surface area contributed by atoms with Crippen LogP contribution in [-0.2, 0) is 0 Å². The number of aliphatic hydroxyl groups is 1. The Labute approximate surface area is 170 Å². The van der Waals surface area contributed by atoms with E-state index in [1.807, 2.05) is 0 Å². The molecule has 0 saturated heterocycles. The van der Waals surface area contributed by atoms with E-state index in [4.69, 9.17) is 32.4 Å². The van der Waals surface area contributed by atoms with Crippen molar-refractivity contribution >= 4 is 51.5 Å². The number of ketones is 1. The normalized spacial score (nSPS) is 12.0. The number of fused-ring (bicyclic) bond motifs is 1. The zero-order chi connectivity index (χ0) is 20.4. The van der Waals surface area contributed by atoms with Gasteiger partial charge in [-0.05, 0) is 24.6 Å². The number of halogens is 2. The van der Waals surface area contributed by atoms with E-state index in [1.54, 1.807) is 13.0 Å². The molecule has 1 amide bonds. The number of methoxy groups -OCH3 is 1. The number of anilines is 1. The molecule has 0 aliphatic rings. The van der Waals surface area contributed by atoms with Crippen molar-refractivity contribution in [2.45, 2.75) is 19.4 Å². The van der Waals surface area contributed by atoms with Gasteiger partial charge in [0.1, 0.15) is 6.10 Å². The number of benzene rings is 1. The van der Waals surface area contributed by atoms with Gasteiger partial charge < -0.3 is 19.6 Å². The number of nitrogens with zero attached hydrogens (tertiary/aromatic N) is 1. The predicted octanol–water partition coefficient (Wildman–Crippen LogP) is 4.35. The number of ether oxygens (including phenoxy) is 1. The maximum atomic E-state index is 12.8. The number of aromatic nitrogens is 1. The second-order valence-electron chi connectivity index (χ2n) is 5.89. The average molecular weight is 423 g/mol. The second kappa shape index (κ2) is 8.18. The van der Waals surface area contributed by atoms with Crippen molar-refractivity contribution in [1.82, 2.24) is 4.98 Å². The number of pyridine rings is 1. The van der Waals surface area contributed by atoms with Crippen LogP contribution < -0.4 is 10.1 Å². The molecule has 3 aromatic rings. The summed E-state index contributed by atoms with van der Waals surface area (Å²) >= 11 is 12.1. The fourth-order valence-corrected chi connectivity index (χ4v) is 3.10. The first-order valence-corrected chi connectivity index (χ1v) is 9.06. The molecule has 2 heterocycles. The molecule has 0 saturated carbocycles. The Morgan fingerprint density at radius 2 is 1.96 bits per heavy atom. The zero-order valence-corrected chi connectivity index (χ0v) is 16.5. The lowest BCUT2D eigenvalue weighted by molar-refractivity contribution is 0.0713. The van der Waals surface area contributed by atoms with Gasteiger partial charge in [-0.25, -0.2) is 0 Å². The number of carbonyl (C=O) groups is 2. The Kier molecular flexibility index (Phi) is 5.88. The molecular weight excluding hydrogens is 407 g/mol. The highest BCUT2D eigenvalue weighted by atomic mass is 35.5. The first-order chi connectivity index (χ1) is 13.4. The minimum Gasteiger partial charge on any atom is -0.493 e. The Bertz CT molecular complexity index is 1040. The van der Waals surface area contributed by atoms with Crippen LogP contribution in [0.15, 0.2) is 35.0 Å². The standard InChI is InChI=1S/C19H16Cl2N2O5/c1-3-13(24)17(25)15-6-10-9(4-5-14(27-2)18(10)28-15)19(26)23-16-11(20)7-22-8-12(16)21/h4-8,13,24H,3H2,1-2H3,(H,22,23,26). The summed E-state index contributed by atoms with van der Waals surface area (Å²) in [6, 6.07) is 4.48. The van der Waals surface area contributed by atoms with Crippen molar-refractivity contribution in [2.24, 2.45) is 0 Å². The lowest BCUT2D eigenvalue weighted by Gasteiger charge is -2.10. The highest BCUT2D eigenvalue weighted by Crippen LogP contribution is 2.34. The number of carbonyl (C=O) groups excluding carboxylic acids is 2. The number of Topliss-reactive ketones (excluding diaryl/α,β-unsaturated/α-hetero) is 1. The number of hydrogen-bond donors (Lipinski definition) is 2. The summed E-state index contributed by atoms with van der Waals surface area (Å²) in [6.07, 6.45) is 1.75. The van der Waals surface area contributed by atoms with Gasteiger partial charge in [0, 0.05) is 17.8 Å². The lowest BCUT2D eigenvalue weighted by Crippen LogP contribution is -2.18. The van der Waals surface area contributed by atoms with Crippen LogP contribution in [0.25, 0.3) is 11.0 Å². The molecule has 0 radical (unpaired) electrons. The molecule has 1 aromatic carbocycles. The third kappa shape index (κ3) is 3.69. The smallest absolute Gasteiger partial charge is 0.256 e. The van der Waals surface area contributed by atoms with Crippen molar-refractivity contribution in [3.05, 3.63) is 52.0 Å². The summed E-state index contributed by atoms with van der Waals surface area (Å²) in [7, 11) is 1.44. The van der Waals surface area contributed by atoms with Crippen LogP contribution in [0.3, 0.4) is 0 Å². The van der Waals surface area contributed by atoms with Crippen LogP contribution in [0.4, 0.5) is 5.69 Å². The van der Waals surface area contributed by atoms with E-state index < -0.39 is 17.8 Å². The minimum absolute atomic E-state index is 0.0668. The van der Waals surface area contributed by atoms with E-state index in [9.17, 15) is 14.7 Å². The number of furan rings is 1. The average Bonchev–Trinajstić information content (AvgIpc) is 3.14. The first-order valence-electron chi connectivity index (χ1n) is 8.30. The third-order valence-corrected chi connectivity index (χ3v) is 4.71. The van der Waals surface area contributed by atoms with Crippen molar-refractivity contribution in [3.8, 4) is 5.75 Å².